The number of allylic oxidation sites excluding steroid dienone is 5. The molecule has 1 amide bonds. The molecule has 13 heavy (non-hydrogen) atoms. The number of carbonyl (C=O) groups excluding carboxylic acids is 1. The van der Waals surface area contributed by atoms with Crippen molar-refractivity contribution in [2.45, 2.75) is 13.8 Å². The monoisotopic (exact) mass is 177 g/mol. The Morgan fingerprint density at radius 2 is 2.31 bits per heavy atom. The molecule has 0 aromatic heterocycles. The van der Waals surface area contributed by atoms with Crippen molar-refractivity contribution in [1.29, 1.82) is 0 Å². The lowest BCUT2D eigenvalue weighted by Crippen LogP contribution is -2.12. The summed E-state index contributed by atoms with van der Waals surface area (Å²) in [6.07, 6.45) is 9.49. The van der Waals surface area contributed by atoms with Crippen LogP contribution in [0.5, 0.6) is 0 Å². The van der Waals surface area contributed by atoms with Gasteiger partial charge in [-0.1, -0.05) is 36.8 Å². The quantitative estimate of drug-likeness (QED) is 0.642. The molecule has 0 spiro atoms. The van der Waals surface area contributed by atoms with E-state index in [2.05, 4.69) is 26.0 Å². The van der Waals surface area contributed by atoms with Crippen LogP contribution in [0.4, 0.5) is 0 Å². The van der Waals surface area contributed by atoms with E-state index in [0.717, 1.165) is 0 Å². The summed E-state index contributed by atoms with van der Waals surface area (Å²) < 4.78 is 0. The molecular formula is C11H15NO. The highest BCUT2D eigenvalue weighted by molar-refractivity contribution is 5.85. The fourth-order valence-electron chi connectivity index (χ4n) is 1.39. The largest absolute Gasteiger partial charge is 0.366 e. The van der Waals surface area contributed by atoms with Gasteiger partial charge in [-0.2, -0.15) is 0 Å². The SMILES string of the molecule is CC1=CC=CC(/C=C\C(N)=O)C1C. The van der Waals surface area contributed by atoms with Crippen molar-refractivity contribution in [1.82, 2.24) is 0 Å². The van der Waals surface area contributed by atoms with Crippen molar-refractivity contribution < 1.29 is 4.79 Å². The Hall–Kier alpha value is -1.31. The lowest BCUT2D eigenvalue weighted by Gasteiger charge is -2.21. The lowest BCUT2D eigenvalue weighted by molar-refractivity contribution is -0.113. The maximum atomic E-state index is 10.5. The van der Waals surface area contributed by atoms with Crippen LogP contribution in [0.25, 0.3) is 0 Å². The smallest absolute Gasteiger partial charge is 0.241 e. The van der Waals surface area contributed by atoms with Crippen molar-refractivity contribution in [3.05, 3.63) is 36.0 Å². The molecular weight excluding hydrogens is 162 g/mol. The molecule has 0 saturated heterocycles. The molecule has 0 aromatic rings. The molecule has 70 valence electrons. The lowest BCUT2D eigenvalue weighted by atomic mass is 9.84. The van der Waals surface area contributed by atoms with Crippen molar-refractivity contribution >= 4 is 5.91 Å². The average Bonchev–Trinajstić information content (AvgIpc) is 2.07. The van der Waals surface area contributed by atoms with Crippen LogP contribution in [0.1, 0.15) is 13.8 Å². The Morgan fingerprint density at radius 1 is 1.62 bits per heavy atom. The van der Waals surface area contributed by atoms with Gasteiger partial charge in [-0.15, -0.1) is 0 Å². The predicted octanol–water partition coefficient (Wildman–Crippen LogP) is 1.80. The van der Waals surface area contributed by atoms with Gasteiger partial charge in [-0.3, -0.25) is 4.79 Å². The molecule has 0 radical (unpaired) electrons. The number of amides is 1. The first-order valence-electron chi connectivity index (χ1n) is 4.44. The summed E-state index contributed by atoms with van der Waals surface area (Å²) in [5.74, 6) is 0.380. The van der Waals surface area contributed by atoms with Gasteiger partial charge in [0, 0.05) is 5.92 Å². The molecule has 1 rings (SSSR count). The molecule has 1 aliphatic rings. The van der Waals surface area contributed by atoms with E-state index in [0.29, 0.717) is 11.8 Å². The van der Waals surface area contributed by atoms with Crippen LogP contribution in [0.2, 0.25) is 0 Å². The minimum Gasteiger partial charge on any atom is -0.366 e. The highest BCUT2D eigenvalue weighted by atomic mass is 16.1. The number of hydrogen-bond donors (Lipinski definition) is 1. The Bertz CT molecular complexity index is 286. The van der Waals surface area contributed by atoms with Gasteiger partial charge >= 0.3 is 0 Å². The average molecular weight is 177 g/mol. The molecule has 2 atom stereocenters. The van der Waals surface area contributed by atoms with E-state index in [4.69, 9.17) is 5.73 Å². The number of carbonyl (C=O) groups is 1. The topological polar surface area (TPSA) is 43.1 Å². The molecule has 2 nitrogen and oxygen atoms in total. The predicted molar refractivity (Wildman–Crippen MR) is 53.9 cm³/mol. The van der Waals surface area contributed by atoms with Gasteiger partial charge in [0.2, 0.25) is 5.91 Å². The fourth-order valence-corrected chi connectivity index (χ4v) is 1.39. The molecule has 0 aliphatic heterocycles. The molecule has 2 heteroatoms. The molecule has 0 fully saturated rings. The van der Waals surface area contributed by atoms with E-state index in [9.17, 15) is 4.79 Å². The third-order valence-electron chi connectivity index (χ3n) is 2.47. The van der Waals surface area contributed by atoms with Crippen molar-refractivity contribution in [2.24, 2.45) is 17.6 Å². The highest BCUT2D eigenvalue weighted by Crippen LogP contribution is 2.26. The Morgan fingerprint density at radius 3 is 2.92 bits per heavy atom. The van der Waals surface area contributed by atoms with Crippen molar-refractivity contribution in [3.8, 4) is 0 Å². The second kappa shape index (κ2) is 4.08. The molecule has 0 heterocycles. The van der Waals surface area contributed by atoms with E-state index in [1.54, 1.807) is 0 Å². The second-order valence-electron chi connectivity index (χ2n) is 3.42. The van der Waals surface area contributed by atoms with Gasteiger partial charge in [0.15, 0.2) is 0 Å². The van der Waals surface area contributed by atoms with Crippen LogP contribution in [0.15, 0.2) is 36.0 Å². The summed E-state index contributed by atoms with van der Waals surface area (Å²) in [7, 11) is 0. The zero-order valence-electron chi connectivity index (χ0n) is 8.03. The van der Waals surface area contributed by atoms with Gasteiger partial charge in [0.1, 0.15) is 0 Å². The summed E-state index contributed by atoms with van der Waals surface area (Å²) in [5.41, 5.74) is 6.36. The Kier molecular flexibility index (Phi) is 3.07. The van der Waals surface area contributed by atoms with Gasteiger partial charge in [-0.25, -0.2) is 0 Å². The number of nitrogens with two attached hydrogens (primary N) is 1. The van der Waals surface area contributed by atoms with Gasteiger partial charge in [0.05, 0.1) is 0 Å². The van der Waals surface area contributed by atoms with Crippen LogP contribution < -0.4 is 5.73 Å². The maximum Gasteiger partial charge on any atom is 0.241 e. The third kappa shape index (κ3) is 2.58. The van der Waals surface area contributed by atoms with E-state index in [-0.39, 0.29) is 5.91 Å². The fraction of sp³-hybridized carbons (Fsp3) is 0.364. The standard InChI is InChI=1S/C11H15NO/c1-8-4-3-5-10(9(8)2)6-7-11(12)13/h3-7,9-10H,1-2H3,(H2,12,13)/b7-6-. The number of hydrogen-bond acceptors (Lipinski definition) is 1. The van der Waals surface area contributed by atoms with Crippen LogP contribution in [0, 0.1) is 11.8 Å². The van der Waals surface area contributed by atoms with Crippen molar-refractivity contribution in [2.75, 3.05) is 0 Å². The Balaban J connectivity index is 2.68. The van der Waals surface area contributed by atoms with Crippen LogP contribution in [0.3, 0.4) is 0 Å². The summed E-state index contributed by atoms with van der Waals surface area (Å²) >= 11 is 0. The van der Waals surface area contributed by atoms with Crippen LogP contribution in [-0.2, 0) is 4.79 Å². The van der Waals surface area contributed by atoms with E-state index in [1.807, 2.05) is 12.2 Å². The molecule has 2 N–H and O–H groups in total. The van der Waals surface area contributed by atoms with Crippen molar-refractivity contribution in [3.63, 3.8) is 0 Å². The minimum atomic E-state index is -0.382. The third-order valence-corrected chi connectivity index (χ3v) is 2.47. The van der Waals surface area contributed by atoms with E-state index >= 15 is 0 Å². The van der Waals surface area contributed by atoms with Gasteiger partial charge < -0.3 is 5.73 Å². The van der Waals surface area contributed by atoms with Crippen LogP contribution in [-0.4, -0.2) is 5.91 Å². The first-order chi connectivity index (χ1) is 6.11. The first-order valence-corrected chi connectivity index (χ1v) is 4.44. The summed E-state index contributed by atoms with van der Waals surface area (Å²) in [6, 6.07) is 0. The molecule has 0 bridgehead atoms. The van der Waals surface area contributed by atoms with E-state index < -0.39 is 0 Å². The highest BCUT2D eigenvalue weighted by Gasteiger charge is 2.15. The molecule has 0 saturated carbocycles. The van der Waals surface area contributed by atoms with E-state index in [1.165, 1.54) is 11.6 Å². The Labute approximate surface area is 78.8 Å². The zero-order valence-corrected chi connectivity index (χ0v) is 8.03. The number of primary amides is 1. The summed E-state index contributed by atoms with van der Waals surface area (Å²) in [4.78, 5) is 10.5. The van der Waals surface area contributed by atoms with Gasteiger partial charge in [0.25, 0.3) is 0 Å². The summed E-state index contributed by atoms with van der Waals surface area (Å²) in [5, 5.41) is 0. The molecule has 0 aromatic carbocycles. The molecule has 1 aliphatic carbocycles. The summed E-state index contributed by atoms with van der Waals surface area (Å²) in [6.45, 7) is 4.24. The molecule has 2 unspecified atom stereocenters. The zero-order chi connectivity index (χ0) is 9.84. The minimum absolute atomic E-state index is 0.303. The number of rotatable bonds is 2. The van der Waals surface area contributed by atoms with Crippen LogP contribution >= 0.6 is 0 Å². The maximum absolute atomic E-state index is 10.5. The van der Waals surface area contributed by atoms with Gasteiger partial charge in [-0.05, 0) is 18.9 Å². The first kappa shape index (κ1) is 9.78. The normalized spacial score (nSPS) is 27.7. The second-order valence-corrected chi connectivity index (χ2v) is 3.42.